The van der Waals surface area contributed by atoms with E-state index in [1.54, 1.807) is 23.1 Å². The van der Waals surface area contributed by atoms with Crippen LogP contribution in [0.1, 0.15) is 12.5 Å². The number of para-hydroxylation sites is 1. The van der Waals surface area contributed by atoms with E-state index in [1.807, 2.05) is 54.6 Å². The zero-order valence-corrected chi connectivity index (χ0v) is 18.5. The van der Waals surface area contributed by atoms with Gasteiger partial charge in [-0.15, -0.1) is 0 Å². The first-order valence-corrected chi connectivity index (χ1v) is 10.9. The summed E-state index contributed by atoms with van der Waals surface area (Å²) in [6.07, 6.45) is 0.899. The van der Waals surface area contributed by atoms with Crippen LogP contribution in [0.15, 0.2) is 72.8 Å². The first kappa shape index (κ1) is 22.2. The summed E-state index contributed by atoms with van der Waals surface area (Å²) in [6.45, 7) is 2.64. The number of rotatable bonds is 9. The van der Waals surface area contributed by atoms with Crippen molar-refractivity contribution in [1.29, 1.82) is 0 Å². The molecule has 0 atom stereocenters. The fourth-order valence-electron chi connectivity index (χ4n) is 3.50. The normalized spacial score (nSPS) is 12.5. The lowest BCUT2D eigenvalue weighted by Gasteiger charge is -2.29. The van der Waals surface area contributed by atoms with Crippen molar-refractivity contribution in [3.8, 4) is 17.2 Å². The third kappa shape index (κ3) is 5.83. The second-order valence-corrected chi connectivity index (χ2v) is 7.52. The Kier molecular flexibility index (Phi) is 7.09. The second-order valence-electron chi connectivity index (χ2n) is 7.52. The van der Waals surface area contributed by atoms with Gasteiger partial charge in [-0.05, 0) is 48.4 Å². The minimum atomic E-state index is -0.281. The van der Waals surface area contributed by atoms with E-state index in [-0.39, 0.29) is 25.0 Å². The van der Waals surface area contributed by atoms with Crippen molar-refractivity contribution in [1.82, 2.24) is 0 Å². The number of anilines is 2. The standard InChI is InChI=1S/C26H26N2O5/c1-2-19-7-6-10-22(15-19)32-17-25(29)27-20-11-12-23-24(16-20)33-18-26(30)28(23)13-14-31-21-8-4-3-5-9-21/h3-12,15-16H,2,13-14,17-18H2,1H3,(H,27,29). The third-order valence-electron chi connectivity index (χ3n) is 5.19. The summed E-state index contributed by atoms with van der Waals surface area (Å²) < 4.78 is 16.9. The maximum atomic E-state index is 12.4. The van der Waals surface area contributed by atoms with E-state index in [2.05, 4.69) is 12.2 Å². The lowest BCUT2D eigenvalue weighted by Crippen LogP contribution is -2.41. The van der Waals surface area contributed by atoms with Crippen LogP contribution in [0, 0.1) is 0 Å². The van der Waals surface area contributed by atoms with Crippen LogP contribution < -0.4 is 24.4 Å². The van der Waals surface area contributed by atoms with Crippen LogP contribution >= 0.6 is 0 Å². The Morgan fingerprint density at radius 3 is 2.64 bits per heavy atom. The number of hydrogen-bond donors (Lipinski definition) is 1. The van der Waals surface area contributed by atoms with Crippen molar-refractivity contribution in [2.75, 3.05) is 36.6 Å². The van der Waals surface area contributed by atoms with Crippen molar-refractivity contribution in [3.05, 3.63) is 78.4 Å². The molecule has 3 aromatic carbocycles. The molecule has 4 rings (SSSR count). The first-order valence-electron chi connectivity index (χ1n) is 10.9. The number of carbonyl (C=O) groups is 2. The third-order valence-corrected chi connectivity index (χ3v) is 5.19. The number of carbonyl (C=O) groups excluding carboxylic acids is 2. The van der Waals surface area contributed by atoms with E-state index in [4.69, 9.17) is 14.2 Å². The van der Waals surface area contributed by atoms with Gasteiger partial charge in [0.05, 0.1) is 12.2 Å². The quantitative estimate of drug-likeness (QED) is 0.536. The Morgan fingerprint density at radius 1 is 1.00 bits per heavy atom. The number of hydrogen-bond acceptors (Lipinski definition) is 5. The minimum Gasteiger partial charge on any atom is -0.492 e. The molecule has 1 N–H and O–H groups in total. The van der Waals surface area contributed by atoms with Crippen LogP contribution in [-0.4, -0.2) is 38.2 Å². The molecule has 1 heterocycles. The molecule has 1 aliphatic heterocycles. The number of benzene rings is 3. The van der Waals surface area contributed by atoms with E-state index in [0.717, 1.165) is 17.7 Å². The molecule has 170 valence electrons. The monoisotopic (exact) mass is 446 g/mol. The molecule has 0 aliphatic carbocycles. The van der Waals surface area contributed by atoms with Gasteiger partial charge in [-0.1, -0.05) is 37.3 Å². The first-order chi connectivity index (χ1) is 16.1. The highest BCUT2D eigenvalue weighted by atomic mass is 16.5. The smallest absolute Gasteiger partial charge is 0.265 e. The van der Waals surface area contributed by atoms with Crippen LogP contribution in [0.2, 0.25) is 0 Å². The number of ether oxygens (including phenoxy) is 3. The largest absolute Gasteiger partial charge is 0.492 e. The summed E-state index contributed by atoms with van der Waals surface area (Å²) >= 11 is 0. The van der Waals surface area contributed by atoms with Gasteiger partial charge in [0, 0.05) is 11.8 Å². The molecular formula is C26H26N2O5. The van der Waals surface area contributed by atoms with Gasteiger partial charge in [0.25, 0.3) is 11.8 Å². The molecule has 0 saturated heterocycles. The number of nitrogens with one attached hydrogen (secondary N) is 1. The van der Waals surface area contributed by atoms with Crippen LogP contribution in [0.5, 0.6) is 17.2 Å². The highest BCUT2D eigenvalue weighted by molar-refractivity contribution is 5.99. The maximum absolute atomic E-state index is 12.4. The van der Waals surface area contributed by atoms with E-state index in [9.17, 15) is 9.59 Å². The van der Waals surface area contributed by atoms with Gasteiger partial charge in [-0.2, -0.15) is 0 Å². The van der Waals surface area contributed by atoms with Gasteiger partial charge in [0.2, 0.25) is 0 Å². The molecule has 0 spiro atoms. The number of nitrogens with zero attached hydrogens (tertiary/aromatic N) is 1. The molecule has 3 aromatic rings. The Morgan fingerprint density at radius 2 is 1.82 bits per heavy atom. The van der Waals surface area contributed by atoms with Gasteiger partial charge < -0.3 is 24.4 Å². The molecule has 7 heteroatoms. The zero-order chi connectivity index (χ0) is 23.0. The van der Waals surface area contributed by atoms with Crippen LogP contribution in [0.4, 0.5) is 11.4 Å². The molecule has 0 saturated carbocycles. The predicted molar refractivity (Wildman–Crippen MR) is 126 cm³/mol. The molecule has 2 amide bonds. The summed E-state index contributed by atoms with van der Waals surface area (Å²) in [5.41, 5.74) is 2.36. The number of amides is 2. The molecule has 0 radical (unpaired) electrons. The van der Waals surface area contributed by atoms with Gasteiger partial charge >= 0.3 is 0 Å². The van der Waals surface area contributed by atoms with Crippen LogP contribution in [-0.2, 0) is 16.0 Å². The molecule has 0 unspecified atom stereocenters. The maximum Gasteiger partial charge on any atom is 0.265 e. The van der Waals surface area contributed by atoms with Crippen molar-refractivity contribution in [3.63, 3.8) is 0 Å². The van der Waals surface area contributed by atoms with E-state index >= 15 is 0 Å². The van der Waals surface area contributed by atoms with Gasteiger partial charge in [-0.3, -0.25) is 9.59 Å². The van der Waals surface area contributed by atoms with Crippen molar-refractivity contribution in [2.24, 2.45) is 0 Å². The van der Waals surface area contributed by atoms with Crippen LogP contribution in [0.25, 0.3) is 0 Å². The summed E-state index contributed by atoms with van der Waals surface area (Å²) in [7, 11) is 0. The van der Waals surface area contributed by atoms with E-state index < -0.39 is 0 Å². The molecule has 1 aliphatic rings. The number of aryl methyl sites for hydroxylation is 1. The average molecular weight is 447 g/mol. The fourth-order valence-corrected chi connectivity index (χ4v) is 3.50. The van der Waals surface area contributed by atoms with Gasteiger partial charge in [0.1, 0.15) is 23.9 Å². The van der Waals surface area contributed by atoms with E-state index in [0.29, 0.717) is 36.0 Å². The SMILES string of the molecule is CCc1cccc(OCC(=O)Nc2ccc3c(c2)OCC(=O)N3CCOc2ccccc2)c1. The van der Waals surface area contributed by atoms with Gasteiger partial charge in [0.15, 0.2) is 13.2 Å². The van der Waals surface area contributed by atoms with Crippen molar-refractivity contribution in [2.45, 2.75) is 13.3 Å². The topological polar surface area (TPSA) is 77.1 Å². The van der Waals surface area contributed by atoms with Gasteiger partial charge in [-0.25, -0.2) is 0 Å². The molecule has 0 fully saturated rings. The van der Waals surface area contributed by atoms with E-state index in [1.165, 1.54) is 0 Å². The van der Waals surface area contributed by atoms with Crippen molar-refractivity contribution >= 4 is 23.2 Å². The summed E-state index contributed by atoms with van der Waals surface area (Å²) in [6, 6.07) is 22.3. The molecule has 0 aromatic heterocycles. The lowest BCUT2D eigenvalue weighted by atomic mass is 10.2. The highest BCUT2D eigenvalue weighted by Gasteiger charge is 2.25. The Bertz CT molecular complexity index is 1120. The Labute approximate surface area is 192 Å². The predicted octanol–water partition coefficient (Wildman–Crippen LogP) is 4.07. The lowest BCUT2D eigenvalue weighted by molar-refractivity contribution is -0.121. The highest BCUT2D eigenvalue weighted by Crippen LogP contribution is 2.34. The minimum absolute atomic E-state index is 0.0629. The molecule has 0 bridgehead atoms. The summed E-state index contributed by atoms with van der Waals surface area (Å²) in [5.74, 6) is 1.52. The Hall–Kier alpha value is -4.00. The summed E-state index contributed by atoms with van der Waals surface area (Å²) in [4.78, 5) is 26.4. The molecular weight excluding hydrogens is 420 g/mol. The zero-order valence-electron chi connectivity index (χ0n) is 18.5. The number of fused-ring (bicyclic) bond motifs is 1. The Balaban J connectivity index is 1.34. The average Bonchev–Trinajstić information content (AvgIpc) is 2.85. The second kappa shape index (κ2) is 10.5. The van der Waals surface area contributed by atoms with Crippen LogP contribution in [0.3, 0.4) is 0 Å². The summed E-state index contributed by atoms with van der Waals surface area (Å²) in [5, 5.41) is 2.81. The molecule has 7 nitrogen and oxygen atoms in total. The molecule has 33 heavy (non-hydrogen) atoms. The fraction of sp³-hybridized carbons (Fsp3) is 0.231. The van der Waals surface area contributed by atoms with Crippen molar-refractivity contribution < 1.29 is 23.8 Å².